The number of pyridine rings is 1. The minimum atomic E-state index is 0.474. The average molecular weight is 297 g/mol. The van der Waals surface area contributed by atoms with Crippen LogP contribution in [-0.2, 0) is 0 Å². The first kappa shape index (κ1) is 13.9. The van der Waals surface area contributed by atoms with Crippen molar-refractivity contribution in [1.82, 2.24) is 30.1 Å². The highest BCUT2D eigenvalue weighted by Crippen LogP contribution is 2.29. The third-order valence-electron chi connectivity index (χ3n) is 3.04. The molecular weight excluding hydrogens is 282 g/mol. The number of ether oxygens (including phenoxy) is 1. The molecule has 0 fully saturated rings. The van der Waals surface area contributed by atoms with E-state index in [1.165, 1.54) is 12.7 Å². The molecule has 22 heavy (non-hydrogen) atoms. The van der Waals surface area contributed by atoms with Gasteiger partial charge in [0, 0.05) is 24.4 Å². The van der Waals surface area contributed by atoms with Gasteiger partial charge in [0.05, 0.1) is 18.4 Å². The number of aromatic nitrogens is 6. The number of hydrogen-bond donors (Lipinski definition) is 2. The first-order valence-electron chi connectivity index (χ1n) is 6.78. The summed E-state index contributed by atoms with van der Waals surface area (Å²) in [6.07, 6.45) is 4.66. The van der Waals surface area contributed by atoms with Gasteiger partial charge in [-0.15, -0.1) is 0 Å². The van der Waals surface area contributed by atoms with Gasteiger partial charge >= 0.3 is 0 Å². The number of aromatic amines is 1. The van der Waals surface area contributed by atoms with Crippen molar-refractivity contribution in [3.8, 4) is 28.5 Å². The Kier molecular flexibility index (Phi) is 3.90. The van der Waals surface area contributed by atoms with Crippen molar-refractivity contribution in [3.05, 3.63) is 31.0 Å². The van der Waals surface area contributed by atoms with Crippen LogP contribution < -0.4 is 10.1 Å². The van der Waals surface area contributed by atoms with Crippen molar-refractivity contribution >= 4 is 5.82 Å². The fraction of sp³-hybridized carbons (Fsp3) is 0.214. The quantitative estimate of drug-likeness (QED) is 0.739. The molecular formula is C14H15N7O. The van der Waals surface area contributed by atoms with Gasteiger partial charge in [-0.3, -0.25) is 5.10 Å². The van der Waals surface area contributed by atoms with Gasteiger partial charge in [0.15, 0.2) is 5.82 Å². The largest absolute Gasteiger partial charge is 0.480 e. The lowest BCUT2D eigenvalue weighted by Gasteiger charge is -2.08. The number of rotatable bonds is 5. The molecule has 0 aliphatic heterocycles. The second-order valence-corrected chi connectivity index (χ2v) is 4.43. The van der Waals surface area contributed by atoms with Crippen LogP contribution in [0.3, 0.4) is 0 Å². The van der Waals surface area contributed by atoms with Crippen molar-refractivity contribution in [2.75, 3.05) is 19.0 Å². The highest BCUT2D eigenvalue weighted by Gasteiger charge is 2.13. The lowest BCUT2D eigenvalue weighted by atomic mass is 10.1. The SMILES string of the molecule is CCNc1cc(-c2cnc(OC)c(-c3ncn[nH]3)c2)ncn1. The first-order chi connectivity index (χ1) is 10.8. The summed E-state index contributed by atoms with van der Waals surface area (Å²) >= 11 is 0. The van der Waals surface area contributed by atoms with Crippen LogP contribution in [0, 0.1) is 0 Å². The topological polar surface area (TPSA) is 102 Å². The fourth-order valence-corrected chi connectivity index (χ4v) is 2.05. The van der Waals surface area contributed by atoms with E-state index < -0.39 is 0 Å². The lowest BCUT2D eigenvalue weighted by Crippen LogP contribution is -2.00. The Balaban J connectivity index is 2.05. The van der Waals surface area contributed by atoms with E-state index in [0.29, 0.717) is 11.7 Å². The van der Waals surface area contributed by atoms with Crippen molar-refractivity contribution < 1.29 is 4.74 Å². The molecule has 0 saturated heterocycles. The minimum absolute atomic E-state index is 0.474. The van der Waals surface area contributed by atoms with Gasteiger partial charge in [0.2, 0.25) is 5.88 Å². The van der Waals surface area contributed by atoms with E-state index >= 15 is 0 Å². The molecule has 3 heterocycles. The molecule has 0 unspecified atom stereocenters. The second kappa shape index (κ2) is 6.17. The summed E-state index contributed by atoms with van der Waals surface area (Å²) in [4.78, 5) is 16.9. The van der Waals surface area contributed by atoms with Crippen molar-refractivity contribution in [3.63, 3.8) is 0 Å². The standard InChI is InChI=1S/C14H15N7O/c1-3-15-12-5-11(17-7-18-12)9-4-10(13-19-8-20-21-13)14(22-2)16-6-9/h4-8H,3H2,1-2H3,(H,15,17,18)(H,19,20,21). The zero-order chi connectivity index (χ0) is 15.4. The molecule has 0 aliphatic rings. The summed E-state index contributed by atoms with van der Waals surface area (Å²) in [5.74, 6) is 1.83. The van der Waals surface area contributed by atoms with Crippen LogP contribution in [0.1, 0.15) is 6.92 Å². The van der Waals surface area contributed by atoms with Crippen molar-refractivity contribution in [2.24, 2.45) is 0 Å². The number of hydrogen-bond acceptors (Lipinski definition) is 7. The van der Waals surface area contributed by atoms with Crippen LogP contribution in [0.2, 0.25) is 0 Å². The number of anilines is 1. The Morgan fingerprint density at radius 2 is 2.05 bits per heavy atom. The molecule has 8 nitrogen and oxygen atoms in total. The van der Waals surface area contributed by atoms with Gasteiger partial charge < -0.3 is 10.1 Å². The Morgan fingerprint density at radius 1 is 1.14 bits per heavy atom. The molecule has 0 atom stereocenters. The number of nitrogens with one attached hydrogen (secondary N) is 2. The van der Waals surface area contributed by atoms with Gasteiger partial charge in [0.1, 0.15) is 18.5 Å². The van der Waals surface area contributed by atoms with Crippen LogP contribution in [0.4, 0.5) is 5.82 Å². The molecule has 0 amide bonds. The van der Waals surface area contributed by atoms with Crippen LogP contribution in [0.5, 0.6) is 5.88 Å². The molecule has 8 heteroatoms. The molecule has 3 rings (SSSR count). The summed E-state index contributed by atoms with van der Waals surface area (Å²) in [6.45, 7) is 2.80. The van der Waals surface area contributed by atoms with E-state index in [9.17, 15) is 0 Å². The lowest BCUT2D eigenvalue weighted by molar-refractivity contribution is 0.399. The number of methoxy groups -OCH3 is 1. The predicted octanol–water partition coefficient (Wildman–Crippen LogP) is 1.76. The van der Waals surface area contributed by atoms with Crippen molar-refractivity contribution in [1.29, 1.82) is 0 Å². The second-order valence-electron chi connectivity index (χ2n) is 4.43. The van der Waals surface area contributed by atoms with Crippen LogP contribution >= 0.6 is 0 Å². The molecule has 3 aromatic rings. The summed E-state index contributed by atoms with van der Waals surface area (Å²) in [5.41, 5.74) is 2.33. The molecule has 0 bridgehead atoms. The van der Waals surface area contributed by atoms with E-state index in [2.05, 4.69) is 35.5 Å². The Bertz CT molecular complexity index is 758. The summed E-state index contributed by atoms with van der Waals surface area (Å²) < 4.78 is 5.28. The summed E-state index contributed by atoms with van der Waals surface area (Å²) in [6, 6.07) is 3.78. The molecule has 0 aromatic carbocycles. The van der Waals surface area contributed by atoms with Gasteiger partial charge in [-0.05, 0) is 13.0 Å². The average Bonchev–Trinajstić information content (AvgIpc) is 3.09. The van der Waals surface area contributed by atoms with Crippen LogP contribution in [-0.4, -0.2) is 43.8 Å². The van der Waals surface area contributed by atoms with Crippen LogP contribution in [0.25, 0.3) is 22.6 Å². The summed E-state index contributed by atoms with van der Waals surface area (Å²) in [7, 11) is 1.57. The molecule has 0 spiro atoms. The molecule has 0 radical (unpaired) electrons. The van der Waals surface area contributed by atoms with E-state index in [1.807, 2.05) is 19.1 Å². The van der Waals surface area contributed by atoms with Gasteiger partial charge in [-0.1, -0.05) is 0 Å². The number of H-pyrrole nitrogens is 1. The fourth-order valence-electron chi connectivity index (χ4n) is 2.05. The molecule has 112 valence electrons. The zero-order valence-corrected chi connectivity index (χ0v) is 12.2. The van der Waals surface area contributed by atoms with Crippen LogP contribution in [0.15, 0.2) is 31.0 Å². The third-order valence-corrected chi connectivity index (χ3v) is 3.04. The molecule has 0 aliphatic carbocycles. The molecule has 0 saturated carbocycles. The van der Waals surface area contributed by atoms with E-state index in [-0.39, 0.29) is 0 Å². The maximum Gasteiger partial charge on any atom is 0.224 e. The zero-order valence-electron chi connectivity index (χ0n) is 12.2. The minimum Gasteiger partial charge on any atom is -0.480 e. The van der Waals surface area contributed by atoms with Crippen molar-refractivity contribution in [2.45, 2.75) is 6.92 Å². The highest BCUT2D eigenvalue weighted by molar-refractivity contribution is 5.71. The van der Waals surface area contributed by atoms with E-state index in [1.54, 1.807) is 13.3 Å². The van der Waals surface area contributed by atoms with E-state index in [0.717, 1.165) is 29.2 Å². The normalized spacial score (nSPS) is 10.5. The number of nitrogens with zero attached hydrogens (tertiary/aromatic N) is 5. The van der Waals surface area contributed by atoms with Gasteiger partial charge in [-0.2, -0.15) is 5.10 Å². The first-order valence-corrected chi connectivity index (χ1v) is 6.78. The molecule has 3 aromatic heterocycles. The monoisotopic (exact) mass is 297 g/mol. The third kappa shape index (κ3) is 2.71. The van der Waals surface area contributed by atoms with Gasteiger partial charge in [-0.25, -0.2) is 19.9 Å². The smallest absolute Gasteiger partial charge is 0.224 e. The highest BCUT2D eigenvalue weighted by atomic mass is 16.5. The summed E-state index contributed by atoms with van der Waals surface area (Å²) in [5, 5.41) is 9.83. The Hall–Kier alpha value is -3.03. The van der Waals surface area contributed by atoms with Gasteiger partial charge in [0.25, 0.3) is 0 Å². The van der Waals surface area contributed by atoms with E-state index in [4.69, 9.17) is 4.74 Å². The Morgan fingerprint density at radius 3 is 2.77 bits per heavy atom. The predicted molar refractivity (Wildman–Crippen MR) is 81.4 cm³/mol. The maximum atomic E-state index is 5.28. The maximum absolute atomic E-state index is 5.28. The molecule has 2 N–H and O–H groups in total. The Labute approximate surface area is 127 Å².